The van der Waals surface area contributed by atoms with Gasteiger partial charge in [0, 0.05) is 22.3 Å². The smallest absolute Gasteiger partial charge is 0.0496 e. The number of benzene rings is 4. The summed E-state index contributed by atoms with van der Waals surface area (Å²) in [6, 6.07) is 31.5. The van der Waals surface area contributed by atoms with E-state index in [0.717, 1.165) is 12.8 Å². The highest BCUT2D eigenvalue weighted by Crippen LogP contribution is 2.55. The second-order valence-corrected chi connectivity index (χ2v) is 11.6. The molecule has 0 radical (unpaired) electrons. The van der Waals surface area contributed by atoms with Crippen LogP contribution in [0, 0.1) is 0 Å². The molecule has 0 saturated carbocycles. The Morgan fingerprint density at radius 3 is 1.97 bits per heavy atom. The number of anilines is 2. The van der Waals surface area contributed by atoms with Gasteiger partial charge in [0.05, 0.1) is 0 Å². The maximum atomic E-state index is 2.66. The van der Waals surface area contributed by atoms with Crippen LogP contribution in [0.25, 0.3) is 22.3 Å². The number of hydrogen-bond acceptors (Lipinski definition) is 1. The van der Waals surface area contributed by atoms with Crippen LogP contribution in [-0.4, -0.2) is 5.54 Å². The van der Waals surface area contributed by atoms with Crippen molar-refractivity contribution in [3.8, 4) is 22.3 Å². The molecule has 184 valence electrons. The van der Waals surface area contributed by atoms with Gasteiger partial charge in [-0.1, -0.05) is 107 Å². The predicted molar refractivity (Wildman–Crippen MR) is 157 cm³/mol. The van der Waals surface area contributed by atoms with Gasteiger partial charge >= 0.3 is 0 Å². The molecule has 5 rings (SSSR count). The summed E-state index contributed by atoms with van der Waals surface area (Å²) in [6.45, 7) is 16.5. The summed E-state index contributed by atoms with van der Waals surface area (Å²) in [5, 5.41) is 0. The van der Waals surface area contributed by atoms with Crippen molar-refractivity contribution in [3.05, 3.63) is 107 Å². The molecule has 0 atom stereocenters. The van der Waals surface area contributed by atoms with Crippen LogP contribution in [0.4, 0.5) is 11.4 Å². The number of fused-ring (bicyclic) bond motifs is 3. The molecule has 0 bridgehead atoms. The maximum Gasteiger partial charge on any atom is 0.0496 e. The van der Waals surface area contributed by atoms with Crippen LogP contribution in [0.2, 0.25) is 0 Å². The molecule has 0 saturated heterocycles. The third-order valence-electron chi connectivity index (χ3n) is 7.87. The minimum Gasteiger partial charge on any atom is -0.335 e. The molecule has 0 unspecified atom stereocenters. The Hall–Kier alpha value is -3.32. The first-order chi connectivity index (χ1) is 17.2. The Labute approximate surface area is 217 Å². The summed E-state index contributed by atoms with van der Waals surface area (Å²) in [7, 11) is 0. The zero-order valence-electron chi connectivity index (χ0n) is 22.9. The van der Waals surface area contributed by atoms with Crippen molar-refractivity contribution in [2.75, 3.05) is 4.90 Å². The molecular formula is C35H39N. The molecule has 0 aromatic heterocycles. The van der Waals surface area contributed by atoms with E-state index in [-0.39, 0.29) is 11.0 Å². The molecule has 0 heterocycles. The molecule has 1 nitrogen and oxygen atoms in total. The van der Waals surface area contributed by atoms with E-state index in [9.17, 15) is 0 Å². The molecule has 0 N–H and O–H groups in total. The van der Waals surface area contributed by atoms with Crippen LogP contribution in [0.15, 0.2) is 84.9 Å². The lowest BCUT2D eigenvalue weighted by atomic mass is 9.79. The van der Waals surface area contributed by atoms with Gasteiger partial charge < -0.3 is 4.90 Å². The van der Waals surface area contributed by atoms with Crippen molar-refractivity contribution in [3.63, 3.8) is 0 Å². The van der Waals surface area contributed by atoms with Crippen molar-refractivity contribution in [1.29, 1.82) is 0 Å². The largest absolute Gasteiger partial charge is 0.335 e. The van der Waals surface area contributed by atoms with Gasteiger partial charge in [-0.2, -0.15) is 0 Å². The van der Waals surface area contributed by atoms with Crippen LogP contribution in [0.5, 0.6) is 0 Å². The van der Waals surface area contributed by atoms with Gasteiger partial charge in [0.15, 0.2) is 0 Å². The summed E-state index contributed by atoms with van der Waals surface area (Å²) < 4.78 is 0. The molecule has 1 aliphatic rings. The number of rotatable bonds is 5. The normalized spacial score (nSPS) is 13.9. The number of hydrogen-bond donors (Lipinski definition) is 0. The van der Waals surface area contributed by atoms with Gasteiger partial charge in [-0.25, -0.2) is 0 Å². The van der Waals surface area contributed by atoms with E-state index in [0.29, 0.717) is 0 Å². The Morgan fingerprint density at radius 2 is 1.31 bits per heavy atom. The lowest BCUT2D eigenvalue weighted by Crippen LogP contribution is -2.40. The summed E-state index contributed by atoms with van der Waals surface area (Å²) in [6.07, 6.45) is 2.00. The Kier molecular flexibility index (Phi) is 6.07. The highest BCUT2D eigenvalue weighted by atomic mass is 15.2. The van der Waals surface area contributed by atoms with Crippen molar-refractivity contribution in [1.82, 2.24) is 0 Å². The molecule has 4 aromatic rings. The summed E-state index contributed by atoms with van der Waals surface area (Å²) in [5.74, 6) is 0. The first-order valence-corrected chi connectivity index (χ1v) is 13.4. The van der Waals surface area contributed by atoms with Crippen molar-refractivity contribution in [2.24, 2.45) is 0 Å². The highest BCUT2D eigenvalue weighted by Gasteiger charge is 2.41. The molecule has 1 heteroatoms. The van der Waals surface area contributed by atoms with Crippen molar-refractivity contribution >= 4 is 11.4 Å². The van der Waals surface area contributed by atoms with E-state index >= 15 is 0 Å². The quantitative estimate of drug-likeness (QED) is 0.279. The van der Waals surface area contributed by atoms with E-state index in [2.05, 4.69) is 138 Å². The Bertz CT molecular complexity index is 1400. The van der Waals surface area contributed by atoms with Crippen LogP contribution < -0.4 is 4.90 Å². The second-order valence-electron chi connectivity index (χ2n) is 11.6. The second kappa shape index (κ2) is 8.96. The van der Waals surface area contributed by atoms with Gasteiger partial charge in [0.2, 0.25) is 0 Å². The van der Waals surface area contributed by atoms with Gasteiger partial charge in [-0.05, 0) is 84.2 Å². The van der Waals surface area contributed by atoms with Crippen LogP contribution in [-0.2, 0) is 18.3 Å². The number of nitrogens with zero attached hydrogens (tertiary/aromatic N) is 1. The molecule has 0 fully saturated rings. The van der Waals surface area contributed by atoms with E-state index in [1.54, 1.807) is 0 Å². The third kappa shape index (κ3) is 3.86. The monoisotopic (exact) mass is 473 g/mol. The Morgan fingerprint density at radius 1 is 0.667 bits per heavy atom. The fourth-order valence-electron chi connectivity index (χ4n) is 6.13. The first kappa shape index (κ1) is 24.4. The zero-order chi connectivity index (χ0) is 25.7. The van der Waals surface area contributed by atoms with Gasteiger partial charge in [-0.3, -0.25) is 0 Å². The predicted octanol–water partition coefficient (Wildman–Crippen LogP) is 9.72. The van der Waals surface area contributed by atoms with Crippen LogP contribution >= 0.6 is 0 Å². The van der Waals surface area contributed by atoms with E-state index in [4.69, 9.17) is 0 Å². The fraction of sp³-hybridized carbons (Fsp3) is 0.314. The molecule has 0 aliphatic heterocycles. The van der Waals surface area contributed by atoms with Gasteiger partial charge in [0.1, 0.15) is 0 Å². The fourth-order valence-corrected chi connectivity index (χ4v) is 6.13. The van der Waals surface area contributed by atoms with Crippen molar-refractivity contribution in [2.45, 2.75) is 72.3 Å². The van der Waals surface area contributed by atoms with Gasteiger partial charge in [0.25, 0.3) is 0 Å². The van der Waals surface area contributed by atoms with E-state index < -0.39 is 0 Å². The summed E-state index contributed by atoms with van der Waals surface area (Å²) >= 11 is 0. The number of aryl methyl sites for hydroxylation is 2. The lowest BCUT2D eigenvalue weighted by Gasteiger charge is -2.43. The maximum absolute atomic E-state index is 2.66. The van der Waals surface area contributed by atoms with E-state index in [1.165, 1.54) is 55.9 Å². The molecular weight excluding hydrogens is 434 g/mol. The summed E-state index contributed by atoms with van der Waals surface area (Å²) in [4.78, 5) is 2.66. The molecule has 0 spiro atoms. The topological polar surface area (TPSA) is 3.24 Å². The lowest BCUT2D eigenvalue weighted by molar-refractivity contribution is 0.550. The zero-order valence-corrected chi connectivity index (χ0v) is 22.9. The Balaban J connectivity index is 1.83. The minimum absolute atomic E-state index is 0.0701. The molecule has 4 aromatic carbocycles. The van der Waals surface area contributed by atoms with Crippen LogP contribution in [0.3, 0.4) is 0 Å². The molecule has 36 heavy (non-hydrogen) atoms. The van der Waals surface area contributed by atoms with Crippen molar-refractivity contribution < 1.29 is 0 Å². The highest BCUT2D eigenvalue weighted by molar-refractivity contribution is 5.90. The summed E-state index contributed by atoms with van der Waals surface area (Å²) in [5.41, 5.74) is 13.5. The SMILES string of the molecule is CCc1ccc(-c2ccccc2)cc1N(c1c(CC)ccc2c1C(C)(C)c1ccccc1-2)C(C)(C)C. The molecule has 1 aliphatic carbocycles. The standard InChI is InChI=1S/C35H39N/c1-8-24-19-20-27(26-15-11-10-12-16-26)23-31(24)36(34(3,4)5)33-25(9-2)21-22-29-28-17-13-14-18-30(28)35(6,7)32(29)33/h10-23H,8-9H2,1-7H3. The minimum atomic E-state index is -0.108. The average Bonchev–Trinajstić information content (AvgIpc) is 3.11. The average molecular weight is 474 g/mol. The first-order valence-electron chi connectivity index (χ1n) is 13.4. The third-order valence-corrected chi connectivity index (χ3v) is 7.87. The van der Waals surface area contributed by atoms with Crippen LogP contribution in [0.1, 0.15) is 70.7 Å². The molecule has 0 amide bonds. The van der Waals surface area contributed by atoms with E-state index in [1.807, 2.05) is 0 Å². The van der Waals surface area contributed by atoms with Gasteiger partial charge in [-0.15, -0.1) is 0 Å².